The number of aryl methyl sites for hydroxylation is 1. The van der Waals surface area contributed by atoms with Gasteiger partial charge in [-0.05, 0) is 41.8 Å². The molecule has 8 nitrogen and oxygen atoms in total. The largest absolute Gasteiger partial charge is 0.481 e. The number of carbonyl (C=O) groups is 2. The number of rotatable bonds is 4. The van der Waals surface area contributed by atoms with Crippen LogP contribution in [-0.4, -0.2) is 55.2 Å². The first kappa shape index (κ1) is 16.8. The molecule has 0 saturated carbocycles. The number of aromatic nitrogens is 4. The number of amides is 1. The highest BCUT2D eigenvalue weighted by Gasteiger charge is 2.30. The lowest BCUT2D eigenvalue weighted by molar-refractivity contribution is -0.144. The molecule has 1 atom stereocenters. The lowest BCUT2D eigenvalue weighted by Crippen LogP contribution is -2.43. The highest BCUT2D eigenvalue weighted by Crippen LogP contribution is 2.21. The summed E-state index contributed by atoms with van der Waals surface area (Å²) in [7, 11) is 0. The molecule has 1 unspecified atom stereocenters. The van der Waals surface area contributed by atoms with E-state index in [1.165, 1.54) is 4.68 Å². The van der Waals surface area contributed by atoms with Gasteiger partial charge in [0.1, 0.15) is 5.70 Å². The molecular weight excluding hydrogens is 322 g/mol. The molecule has 1 fully saturated rings. The molecule has 2 heterocycles. The van der Waals surface area contributed by atoms with Crippen LogP contribution in [0.3, 0.4) is 0 Å². The van der Waals surface area contributed by atoms with Gasteiger partial charge in [-0.15, -0.1) is 5.10 Å². The Morgan fingerprint density at radius 3 is 2.68 bits per heavy atom. The van der Waals surface area contributed by atoms with Gasteiger partial charge in [0.15, 0.2) is 5.82 Å². The third kappa shape index (κ3) is 3.73. The van der Waals surface area contributed by atoms with Crippen LogP contribution in [0.5, 0.6) is 0 Å². The molecule has 0 spiro atoms. The molecule has 1 aliphatic heterocycles. The van der Waals surface area contributed by atoms with Crippen molar-refractivity contribution in [3.8, 4) is 0 Å². The van der Waals surface area contributed by atoms with Crippen LogP contribution in [0.4, 0.5) is 0 Å². The van der Waals surface area contributed by atoms with E-state index in [2.05, 4.69) is 15.5 Å². The van der Waals surface area contributed by atoms with E-state index in [9.17, 15) is 14.7 Å². The predicted octanol–water partition coefficient (Wildman–Crippen LogP) is 1.30. The van der Waals surface area contributed by atoms with Gasteiger partial charge in [-0.2, -0.15) is 4.68 Å². The standard InChI is InChI=1S/C17H19N5O3/c1-12-18-19-20-22(12)15(10-13-6-3-2-4-7-13)16(23)21-9-5-8-14(11-21)17(24)25/h2-4,6-7,10,14H,5,8-9,11H2,1H3,(H,24,25)/b15-10+. The summed E-state index contributed by atoms with van der Waals surface area (Å²) in [5.41, 5.74) is 1.15. The van der Waals surface area contributed by atoms with Crippen LogP contribution >= 0.6 is 0 Å². The molecule has 3 rings (SSSR count). The van der Waals surface area contributed by atoms with Crippen molar-refractivity contribution < 1.29 is 14.7 Å². The number of likely N-dealkylation sites (tertiary alicyclic amines) is 1. The number of tetrazole rings is 1. The summed E-state index contributed by atoms with van der Waals surface area (Å²) in [5, 5.41) is 20.6. The molecule has 8 heteroatoms. The zero-order valence-corrected chi connectivity index (χ0v) is 13.9. The Hall–Kier alpha value is -3.03. The van der Waals surface area contributed by atoms with Gasteiger partial charge < -0.3 is 10.0 Å². The molecule has 1 aromatic heterocycles. The van der Waals surface area contributed by atoms with Crippen molar-refractivity contribution in [3.05, 3.63) is 41.7 Å². The van der Waals surface area contributed by atoms with Crippen LogP contribution in [0, 0.1) is 12.8 Å². The average Bonchev–Trinajstić information content (AvgIpc) is 3.06. The second-order valence-electron chi connectivity index (χ2n) is 6.01. The van der Waals surface area contributed by atoms with Crippen molar-refractivity contribution in [1.29, 1.82) is 0 Å². The first-order chi connectivity index (χ1) is 12.1. The Bertz CT molecular complexity index is 800. The fourth-order valence-corrected chi connectivity index (χ4v) is 2.90. The second-order valence-corrected chi connectivity index (χ2v) is 6.01. The molecule has 130 valence electrons. The number of nitrogens with zero attached hydrogens (tertiary/aromatic N) is 5. The number of carboxylic acids is 1. The lowest BCUT2D eigenvalue weighted by Gasteiger charge is -2.31. The molecule has 0 aliphatic carbocycles. The van der Waals surface area contributed by atoms with E-state index < -0.39 is 11.9 Å². The summed E-state index contributed by atoms with van der Waals surface area (Å²) >= 11 is 0. The quantitative estimate of drug-likeness (QED) is 0.841. The zero-order valence-electron chi connectivity index (χ0n) is 13.9. The molecule has 25 heavy (non-hydrogen) atoms. The minimum Gasteiger partial charge on any atom is -0.481 e. The Kier molecular flexibility index (Phi) is 4.87. The predicted molar refractivity (Wildman–Crippen MR) is 90.1 cm³/mol. The van der Waals surface area contributed by atoms with Gasteiger partial charge in [0, 0.05) is 13.1 Å². The van der Waals surface area contributed by atoms with Crippen LogP contribution in [0.15, 0.2) is 30.3 Å². The third-order valence-electron chi connectivity index (χ3n) is 4.23. The lowest BCUT2D eigenvalue weighted by atomic mass is 9.98. The van der Waals surface area contributed by atoms with Crippen LogP contribution in [0.2, 0.25) is 0 Å². The van der Waals surface area contributed by atoms with Crippen molar-refractivity contribution in [3.63, 3.8) is 0 Å². The maximum absolute atomic E-state index is 13.1. The fraction of sp³-hybridized carbons (Fsp3) is 0.353. The van der Waals surface area contributed by atoms with Crippen LogP contribution < -0.4 is 0 Å². The van der Waals surface area contributed by atoms with Gasteiger partial charge >= 0.3 is 5.97 Å². The number of carbonyl (C=O) groups excluding carboxylic acids is 1. The second kappa shape index (κ2) is 7.25. The first-order valence-corrected chi connectivity index (χ1v) is 8.10. The van der Waals surface area contributed by atoms with E-state index in [-0.39, 0.29) is 12.5 Å². The average molecular weight is 341 g/mol. The van der Waals surface area contributed by atoms with Crippen LogP contribution in [0.25, 0.3) is 11.8 Å². The molecule has 1 saturated heterocycles. The maximum atomic E-state index is 13.1. The highest BCUT2D eigenvalue weighted by molar-refractivity contribution is 6.18. The van der Waals surface area contributed by atoms with Gasteiger partial charge in [-0.25, -0.2) is 0 Å². The molecular formula is C17H19N5O3. The summed E-state index contributed by atoms with van der Waals surface area (Å²) in [6, 6.07) is 9.40. The van der Waals surface area contributed by atoms with E-state index in [0.29, 0.717) is 30.9 Å². The SMILES string of the molecule is Cc1nnnn1/C(=C/c1ccccc1)C(=O)N1CCCC(C(=O)O)C1. The minimum atomic E-state index is -0.871. The van der Waals surface area contributed by atoms with E-state index in [1.807, 2.05) is 30.3 Å². The van der Waals surface area contributed by atoms with Crippen molar-refractivity contribution in [2.24, 2.45) is 5.92 Å². The van der Waals surface area contributed by atoms with E-state index >= 15 is 0 Å². The van der Waals surface area contributed by atoms with Gasteiger partial charge in [0.25, 0.3) is 5.91 Å². The van der Waals surface area contributed by atoms with E-state index in [1.54, 1.807) is 17.9 Å². The molecule has 1 amide bonds. The Balaban J connectivity index is 1.94. The van der Waals surface area contributed by atoms with E-state index in [4.69, 9.17) is 0 Å². The summed E-state index contributed by atoms with van der Waals surface area (Å²) < 4.78 is 1.39. The van der Waals surface area contributed by atoms with Crippen molar-refractivity contribution in [2.45, 2.75) is 19.8 Å². The Morgan fingerprint density at radius 1 is 1.28 bits per heavy atom. The first-order valence-electron chi connectivity index (χ1n) is 8.10. The fourth-order valence-electron chi connectivity index (χ4n) is 2.90. The van der Waals surface area contributed by atoms with Gasteiger partial charge in [-0.3, -0.25) is 9.59 Å². The maximum Gasteiger partial charge on any atom is 0.308 e. The molecule has 2 aromatic rings. The summed E-state index contributed by atoms with van der Waals surface area (Å²) in [5.74, 6) is -1.19. The minimum absolute atomic E-state index is 0.196. The molecule has 1 N–H and O–H groups in total. The number of hydrogen-bond acceptors (Lipinski definition) is 5. The van der Waals surface area contributed by atoms with Crippen LogP contribution in [0.1, 0.15) is 24.2 Å². The third-order valence-corrected chi connectivity index (χ3v) is 4.23. The van der Waals surface area contributed by atoms with Gasteiger partial charge in [0.05, 0.1) is 5.92 Å². The number of aliphatic carboxylic acids is 1. The van der Waals surface area contributed by atoms with Gasteiger partial charge in [0.2, 0.25) is 0 Å². The molecule has 1 aromatic carbocycles. The number of carboxylic acid groups (broad SMARTS) is 1. The molecule has 0 bridgehead atoms. The Labute approximate surface area is 144 Å². The van der Waals surface area contributed by atoms with Crippen molar-refractivity contribution in [1.82, 2.24) is 25.1 Å². The number of piperidine rings is 1. The molecule has 0 radical (unpaired) electrons. The number of hydrogen-bond donors (Lipinski definition) is 1. The summed E-state index contributed by atoms with van der Waals surface area (Å²) in [6.07, 6.45) is 2.97. The Morgan fingerprint density at radius 2 is 2.04 bits per heavy atom. The summed E-state index contributed by atoms with van der Waals surface area (Å²) in [6.45, 7) is 2.43. The van der Waals surface area contributed by atoms with Crippen molar-refractivity contribution in [2.75, 3.05) is 13.1 Å². The number of benzene rings is 1. The normalized spacial score (nSPS) is 18.2. The van der Waals surface area contributed by atoms with Crippen LogP contribution in [-0.2, 0) is 9.59 Å². The van der Waals surface area contributed by atoms with E-state index in [0.717, 1.165) is 5.56 Å². The smallest absolute Gasteiger partial charge is 0.308 e. The molecule has 1 aliphatic rings. The van der Waals surface area contributed by atoms with Crippen molar-refractivity contribution >= 4 is 23.6 Å². The zero-order chi connectivity index (χ0) is 17.8. The topological polar surface area (TPSA) is 101 Å². The highest BCUT2D eigenvalue weighted by atomic mass is 16.4. The monoisotopic (exact) mass is 341 g/mol. The van der Waals surface area contributed by atoms with Gasteiger partial charge in [-0.1, -0.05) is 30.3 Å². The summed E-state index contributed by atoms with van der Waals surface area (Å²) in [4.78, 5) is 25.9.